The van der Waals surface area contributed by atoms with Gasteiger partial charge in [-0.15, -0.1) is 0 Å². The van der Waals surface area contributed by atoms with Crippen molar-refractivity contribution >= 4 is 11.9 Å². The summed E-state index contributed by atoms with van der Waals surface area (Å²) in [5, 5.41) is 0. The van der Waals surface area contributed by atoms with E-state index in [0.717, 1.165) is 31.2 Å². The Labute approximate surface area is 130 Å². The van der Waals surface area contributed by atoms with Crippen LogP contribution >= 0.6 is 0 Å². The Morgan fingerprint density at radius 2 is 1.91 bits per heavy atom. The molecule has 1 aliphatic rings. The summed E-state index contributed by atoms with van der Waals surface area (Å²) in [6.07, 6.45) is 3.60. The van der Waals surface area contributed by atoms with Gasteiger partial charge in [-0.3, -0.25) is 9.59 Å². The molecule has 0 atom stereocenters. The highest BCUT2D eigenvalue weighted by molar-refractivity contribution is 5.94. The summed E-state index contributed by atoms with van der Waals surface area (Å²) >= 11 is 0. The molecule has 22 heavy (non-hydrogen) atoms. The van der Waals surface area contributed by atoms with Gasteiger partial charge in [0.05, 0.1) is 19.6 Å². The summed E-state index contributed by atoms with van der Waals surface area (Å²) < 4.78 is 10.6. The van der Waals surface area contributed by atoms with Crippen LogP contribution in [0.3, 0.4) is 0 Å². The van der Waals surface area contributed by atoms with Gasteiger partial charge in [-0.1, -0.05) is 6.07 Å². The summed E-state index contributed by atoms with van der Waals surface area (Å²) in [6, 6.07) is 5.38. The van der Waals surface area contributed by atoms with Crippen LogP contribution < -0.4 is 10.5 Å². The fourth-order valence-electron chi connectivity index (χ4n) is 2.90. The zero-order valence-electron chi connectivity index (χ0n) is 13.1. The molecule has 2 N–H and O–H groups in total. The Morgan fingerprint density at radius 3 is 2.50 bits per heavy atom. The molecular formula is C17H23NO4. The number of carbonyl (C=O) groups is 2. The van der Waals surface area contributed by atoms with Gasteiger partial charge in [0, 0.05) is 5.56 Å². The Bertz CT molecular complexity index is 548. The first kappa shape index (κ1) is 16.3. The largest absolute Gasteiger partial charge is 0.493 e. The Morgan fingerprint density at radius 1 is 1.23 bits per heavy atom. The maximum atomic E-state index is 11.5. The van der Waals surface area contributed by atoms with E-state index in [9.17, 15) is 9.59 Å². The molecule has 0 radical (unpaired) electrons. The average molecular weight is 305 g/mol. The standard InChI is InChI=1S/C17H23NO4/c1-11-3-8-14(9-15(11)16(18)19)22-10-12-4-6-13(7-5-12)17(20)21-2/h3,8-9,12-13H,4-7,10H2,1-2H3,(H2,18,19). The molecule has 1 saturated carbocycles. The van der Waals surface area contributed by atoms with E-state index in [2.05, 4.69) is 0 Å². The zero-order chi connectivity index (χ0) is 16.1. The SMILES string of the molecule is COC(=O)C1CCC(COc2ccc(C)c(C(N)=O)c2)CC1. The number of rotatable bonds is 5. The Hall–Kier alpha value is -2.04. The first-order valence-corrected chi connectivity index (χ1v) is 7.62. The molecule has 120 valence electrons. The normalized spacial score (nSPS) is 21.2. The van der Waals surface area contributed by atoms with E-state index >= 15 is 0 Å². The number of benzene rings is 1. The number of esters is 1. The highest BCUT2D eigenvalue weighted by Crippen LogP contribution is 2.30. The molecular weight excluding hydrogens is 282 g/mol. The van der Waals surface area contributed by atoms with Crippen LogP contribution in [-0.2, 0) is 9.53 Å². The lowest BCUT2D eigenvalue weighted by atomic mass is 9.82. The van der Waals surface area contributed by atoms with Crippen molar-refractivity contribution in [1.82, 2.24) is 0 Å². The van der Waals surface area contributed by atoms with Gasteiger partial charge in [0.15, 0.2) is 0 Å². The molecule has 0 bridgehead atoms. The van der Waals surface area contributed by atoms with E-state index in [4.69, 9.17) is 15.2 Å². The van der Waals surface area contributed by atoms with Gasteiger partial charge in [-0.2, -0.15) is 0 Å². The molecule has 1 fully saturated rings. The Balaban J connectivity index is 1.86. The summed E-state index contributed by atoms with van der Waals surface area (Å²) in [5.41, 5.74) is 6.68. The minimum atomic E-state index is -0.443. The van der Waals surface area contributed by atoms with E-state index in [-0.39, 0.29) is 11.9 Å². The van der Waals surface area contributed by atoms with Gasteiger partial charge in [0.1, 0.15) is 5.75 Å². The number of nitrogens with two attached hydrogens (primary N) is 1. The van der Waals surface area contributed by atoms with Crippen LogP contribution in [0.2, 0.25) is 0 Å². The van der Waals surface area contributed by atoms with Crippen molar-refractivity contribution in [3.63, 3.8) is 0 Å². The molecule has 0 heterocycles. The molecule has 0 aliphatic heterocycles. The van der Waals surface area contributed by atoms with Gasteiger partial charge >= 0.3 is 5.97 Å². The summed E-state index contributed by atoms with van der Waals surface area (Å²) in [7, 11) is 1.44. The molecule has 1 aromatic rings. The maximum absolute atomic E-state index is 11.5. The van der Waals surface area contributed by atoms with Gasteiger partial charge in [-0.25, -0.2) is 0 Å². The number of methoxy groups -OCH3 is 1. The molecule has 0 saturated heterocycles. The lowest BCUT2D eigenvalue weighted by Gasteiger charge is -2.26. The van der Waals surface area contributed by atoms with Crippen molar-refractivity contribution in [3.8, 4) is 5.75 Å². The van der Waals surface area contributed by atoms with Crippen molar-refractivity contribution in [1.29, 1.82) is 0 Å². The number of hydrogen-bond donors (Lipinski definition) is 1. The Kier molecular flexibility index (Phi) is 5.41. The quantitative estimate of drug-likeness (QED) is 0.848. The predicted molar refractivity (Wildman–Crippen MR) is 82.7 cm³/mol. The van der Waals surface area contributed by atoms with Gasteiger partial charge < -0.3 is 15.2 Å². The second kappa shape index (κ2) is 7.29. The highest BCUT2D eigenvalue weighted by atomic mass is 16.5. The van der Waals surface area contributed by atoms with Gasteiger partial charge in [0.25, 0.3) is 0 Å². The monoisotopic (exact) mass is 305 g/mol. The molecule has 1 amide bonds. The van der Waals surface area contributed by atoms with E-state index in [1.165, 1.54) is 7.11 Å². The summed E-state index contributed by atoms with van der Waals surface area (Å²) in [6.45, 7) is 2.44. The van der Waals surface area contributed by atoms with E-state index in [0.29, 0.717) is 23.8 Å². The van der Waals surface area contributed by atoms with Crippen molar-refractivity contribution in [2.24, 2.45) is 17.6 Å². The van der Waals surface area contributed by atoms with E-state index in [1.54, 1.807) is 6.07 Å². The van der Waals surface area contributed by atoms with Gasteiger partial charge in [-0.05, 0) is 56.2 Å². The van der Waals surface area contributed by atoms with Crippen LogP contribution in [0.4, 0.5) is 0 Å². The lowest BCUT2D eigenvalue weighted by Crippen LogP contribution is -2.25. The maximum Gasteiger partial charge on any atom is 0.308 e. The van der Waals surface area contributed by atoms with E-state index in [1.807, 2.05) is 19.1 Å². The fraction of sp³-hybridized carbons (Fsp3) is 0.529. The minimum absolute atomic E-state index is 0.0297. The van der Waals surface area contributed by atoms with Crippen molar-refractivity contribution < 1.29 is 19.1 Å². The van der Waals surface area contributed by atoms with Gasteiger partial charge in [0.2, 0.25) is 5.91 Å². The van der Waals surface area contributed by atoms with Crippen LogP contribution in [0.15, 0.2) is 18.2 Å². The minimum Gasteiger partial charge on any atom is -0.493 e. The molecule has 1 aromatic carbocycles. The second-order valence-electron chi connectivity index (χ2n) is 5.89. The van der Waals surface area contributed by atoms with Crippen LogP contribution in [0.25, 0.3) is 0 Å². The number of aryl methyl sites for hydroxylation is 1. The number of hydrogen-bond acceptors (Lipinski definition) is 4. The lowest BCUT2D eigenvalue weighted by molar-refractivity contribution is -0.146. The first-order chi connectivity index (χ1) is 10.5. The molecule has 0 spiro atoms. The average Bonchev–Trinajstić information content (AvgIpc) is 2.53. The molecule has 5 nitrogen and oxygen atoms in total. The molecule has 2 rings (SSSR count). The summed E-state index contributed by atoms with van der Waals surface area (Å²) in [5.74, 6) is 0.571. The fourth-order valence-corrected chi connectivity index (χ4v) is 2.90. The van der Waals surface area contributed by atoms with Crippen LogP contribution in [0.1, 0.15) is 41.6 Å². The second-order valence-corrected chi connectivity index (χ2v) is 5.89. The van der Waals surface area contributed by atoms with Crippen molar-refractivity contribution in [2.45, 2.75) is 32.6 Å². The molecule has 0 aromatic heterocycles. The number of primary amides is 1. The van der Waals surface area contributed by atoms with Crippen LogP contribution in [0.5, 0.6) is 5.75 Å². The highest BCUT2D eigenvalue weighted by Gasteiger charge is 2.27. The number of ether oxygens (including phenoxy) is 2. The van der Waals surface area contributed by atoms with Crippen molar-refractivity contribution in [2.75, 3.05) is 13.7 Å². The zero-order valence-corrected chi connectivity index (χ0v) is 13.1. The number of amides is 1. The van der Waals surface area contributed by atoms with Crippen LogP contribution in [0, 0.1) is 18.8 Å². The summed E-state index contributed by atoms with van der Waals surface area (Å²) in [4.78, 5) is 22.8. The topological polar surface area (TPSA) is 78.6 Å². The predicted octanol–water partition coefficient (Wildman–Crippen LogP) is 2.45. The third-order valence-electron chi connectivity index (χ3n) is 4.34. The molecule has 5 heteroatoms. The smallest absolute Gasteiger partial charge is 0.308 e. The first-order valence-electron chi connectivity index (χ1n) is 7.62. The third-order valence-corrected chi connectivity index (χ3v) is 4.34. The van der Waals surface area contributed by atoms with Crippen molar-refractivity contribution in [3.05, 3.63) is 29.3 Å². The third kappa shape index (κ3) is 4.00. The molecule has 1 aliphatic carbocycles. The van der Waals surface area contributed by atoms with E-state index < -0.39 is 5.91 Å². The molecule has 0 unspecified atom stereocenters. The van der Waals surface area contributed by atoms with Crippen LogP contribution in [-0.4, -0.2) is 25.6 Å². The number of carbonyl (C=O) groups excluding carboxylic acids is 2.